The van der Waals surface area contributed by atoms with Crippen LogP contribution in [0.2, 0.25) is 0 Å². The first-order valence-corrected chi connectivity index (χ1v) is 6.12. The van der Waals surface area contributed by atoms with Crippen molar-refractivity contribution in [2.24, 2.45) is 11.7 Å². The Labute approximate surface area is 108 Å². The van der Waals surface area contributed by atoms with Gasteiger partial charge < -0.3 is 20.1 Å². The van der Waals surface area contributed by atoms with Crippen molar-refractivity contribution in [2.75, 3.05) is 33.4 Å². The predicted octanol–water partition coefficient (Wildman–Crippen LogP) is 0.00780. The van der Waals surface area contributed by atoms with Gasteiger partial charge in [0.15, 0.2) is 0 Å². The van der Waals surface area contributed by atoms with Crippen LogP contribution in [0.3, 0.4) is 0 Å². The fraction of sp³-hybridized carbons (Fsp3) is 0.833. The highest BCUT2D eigenvalue weighted by molar-refractivity contribution is 5.85. The molecule has 0 aromatic carbocycles. The average Bonchev–Trinajstić information content (AvgIpc) is 2.32. The van der Waals surface area contributed by atoms with Crippen LogP contribution in [0, 0.1) is 5.92 Å². The number of carbonyl (C=O) groups is 2. The number of ether oxygens (including phenoxy) is 2. The Morgan fingerprint density at radius 3 is 2.39 bits per heavy atom. The molecule has 1 amide bonds. The van der Waals surface area contributed by atoms with E-state index >= 15 is 0 Å². The summed E-state index contributed by atoms with van der Waals surface area (Å²) in [6.07, 6.45) is 0. The molecular weight excluding hydrogens is 236 g/mol. The van der Waals surface area contributed by atoms with E-state index in [0.717, 1.165) is 0 Å². The second-order valence-corrected chi connectivity index (χ2v) is 4.33. The number of methoxy groups -OCH3 is 1. The Morgan fingerprint density at radius 1 is 1.33 bits per heavy atom. The molecule has 0 aliphatic carbocycles. The van der Waals surface area contributed by atoms with Crippen LogP contribution in [-0.2, 0) is 19.1 Å². The fourth-order valence-electron chi connectivity index (χ4n) is 1.33. The zero-order valence-corrected chi connectivity index (χ0v) is 11.6. The fourth-order valence-corrected chi connectivity index (χ4v) is 1.33. The minimum Gasteiger partial charge on any atom is -0.465 e. The third kappa shape index (κ3) is 5.97. The Bertz CT molecular complexity index is 269. The number of carbonyl (C=O) groups excluding carboxylic acids is 2. The van der Waals surface area contributed by atoms with Gasteiger partial charge in [-0.15, -0.1) is 0 Å². The molecule has 0 rings (SSSR count). The largest absolute Gasteiger partial charge is 0.465 e. The van der Waals surface area contributed by atoms with Crippen LogP contribution in [0.4, 0.5) is 0 Å². The molecule has 0 unspecified atom stereocenters. The van der Waals surface area contributed by atoms with Gasteiger partial charge >= 0.3 is 5.97 Å². The van der Waals surface area contributed by atoms with E-state index in [9.17, 15) is 9.59 Å². The number of esters is 1. The van der Waals surface area contributed by atoms with Crippen LogP contribution >= 0.6 is 0 Å². The summed E-state index contributed by atoms with van der Waals surface area (Å²) in [5.41, 5.74) is 5.80. The molecule has 0 fully saturated rings. The van der Waals surface area contributed by atoms with Crippen molar-refractivity contribution in [3.05, 3.63) is 0 Å². The van der Waals surface area contributed by atoms with Crippen LogP contribution in [0.25, 0.3) is 0 Å². The van der Waals surface area contributed by atoms with Crippen LogP contribution < -0.4 is 5.73 Å². The van der Waals surface area contributed by atoms with Crippen molar-refractivity contribution in [2.45, 2.75) is 26.8 Å². The Balaban J connectivity index is 4.55. The Hall–Kier alpha value is -1.14. The van der Waals surface area contributed by atoms with Crippen LogP contribution in [0.15, 0.2) is 0 Å². The summed E-state index contributed by atoms with van der Waals surface area (Å²) in [6.45, 7) is 6.34. The van der Waals surface area contributed by atoms with E-state index in [2.05, 4.69) is 0 Å². The van der Waals surface area contributed by atoms with E-state index in [0.29, 0.717) is 19.8 Å². The average molecular weight is 260 g/mol. The van der Waals surface area contributed by atoms with Crippen LogP contribution in [-0.4, -0.2) is 56.2 Å². The van der Waals surface area contributed by atoms with Crippen molar-refractivity contribution in [3.63, 3.8) is 0 Å². The van der Waals surface area contributed by atoms with Gasteiger partial charge in [0.25, 0.3) is 0 Å². The molecule has 0 heterocycles. The smallest absolute Gasteiger partial charge is 0.325 e. The molecule has 0 aromatic heterocycles. The van der Waals surface area contributed by atoms with Gasteiger partial charge in [0.2, 0.25) is 5.91 Å². The summed E-state index contributed by atoms with van der Waals surface area (Å²) in [6, 6.07) is -0.615. The molecule has 0 bridgehead atoms. The molecule has 0 aromatic rings. The predicted molar refractivity (Wildman–Crippen MR) is 67.9 cm³/mol. The van der Waals surface area contributed by atoms with Gasteiger partial charge in [-0.1, -0.05) is 13.8 Å². The van der Waals surface area contributed by atoms with Gasteiger partial charge in [-0.2, -0.15) is 0 Å². The van der Waals surface area contributed by atoms with Crippen molar-refractivity contribution in [3.8, 4) is 0 Å². The standard InChI is InChI=1S/C12H24N2O4/c1-5-18-10(15)8-14(6-7-17-4)12(16)11(13)9(2)3/h9,11H,5-8,13H2,1-4H3/t11-/m1/s1. The van der Waals surface area contributed by atoms with Gasteiger partial charge in [0.05, 0.1) is 19.3 Å². The number of hydrogen-bond donors (Lipinski definition) is 1. The summed E-state index contributed by atoms with van der Waals surface area (Å²) < 4.78 is 9.75. The lowest BCUT2D eigenvalue weighted by atomic mass is 10.0. The highest BCUT2D eigenvalue weighted by Crippen LogP contribution is 2.04. The molecule has 0 radical (unpaired) electrons. The van der Waals surface area contributed by atoms with Crippen molar-refractivity contribution in [1.82, 2.24) is 4.90 Å². The van der Waals surface area contributed by atoms with Gasteiger partial charge in [-0.3, -0.25) is 9.59 Å². The molecule has 6 heteroatoms. The minimum absolute atomic E-state index is 0.0183. The third-order valence-corrected chi connectivity index (χ3v) is 2.51. The number of nitrogens with two attached hydrogens (primary N) is 1. The number of nitrogens with zero attached hydrogens (tertiary/aromatic N) is 1. The van der Waals surface area contributed by atoms with E-state index < -0.39 is 12.0 Å². The Morgan fingerprint density at radius 2 is 1.94 bits per heavy atom. The highest BCUT2D eigenvalue weighted by atomic mass is 16.5. The molecule has 0 saturated heterocycles. The molecule has 106 valence electrons. The second kappa shape index (κ2) is 8.88. The van der Waals surface area contributed by atoms with Gasteiger partial charge in [-0.25, -0.2) is 0 Å². The second-order valence-electron chi connectivity index (χ2n) is 4.33. The zero-order valence-electron chi connectivity index (χ0n) is 11.6. The quantitative estimate of drug-likeness (QED) is 0.622. The summed E-state index contributed by atoms with van der Waals surface area (Å²) in [4.78, 5) is 24.9. The van der Waals surface area contributed by atoms with E-state index in [1.165, 1.54) is 12.0 Å². The van der Waals surface area contributed by atoms with Crippen molar-refractivity contribution in [1.29, 1.82) is 0 Å². The number of hydrogen-bond acceptors (Lipinski definition) is 5. The van der Waals surface area contributed by atoms with Crippen molar-refractivity contribution >= 4 is 11.9 Å². The first kappa shape index (κ1) is 16.9. The SMILES string of the molecule is CCOC(=O)CN(CCOC)C(=O)[C@H](N)C(C)C. The molecule has 0 saturated carbocycles. The van der Waals surface area contributed by atoms with Crippen LogP contribution in [0.1, 0.15) is 20.8 Å². The zero-order chi connectivity index (χ0) is 14.1. The summed E-state index contributed by atoms with van der Waals surface area (Å²) in [5, 5.41) is 0. The molecule has 0 spiro atoms. The summed E-state index contributed by atoms with van der Waals surface area (Å²) in [5.74, 6) is -0.669. The normalized spacial score (nSPS) is 12.3. The van der Waals surface area contributed by atoms with Gasteiger partial charge in [0.1, 0.15) is 6.54 Å². The van der Waals surface area contributed by atoms with E-state index in [1.54, 1.807) is 6.92 Å². The summed E-state index contributed by atoms with van der Waals surface area (Å²) >= 11 is 0. The lowest BCUT2D eigenvalue weighted by Crippen LogP contribution is -2.49. The molecule has 0 aliphatic rings. The molecule has 0 aliphatic heterocycles. The molecule has 18 heavy (non-hydrogen) atoms. The van der Waals surface area contributed by atoms with E-state index in [-0.39, 0.29) is 18.4 Å². The van der Waals surface area contributed by atoms with Gasteiger partial charge in [0, 0.05) is 13.7 Å². The molecule has 6 nitrogen and oxygen atoms in total. The number of amides is 1. The summed E-state index contributed by atoms with van der Waals surface area (Å²) in [7, 11) is 1.54. The monoisotopic (exact) mass is 260 g/mol. The lowest BCUT2D eigenvalue weighted by Gasteiger charge is -2.26. The molecule has 1 atom stereocenters. The topological polar surface area (TPSA) is 81.9 Å². The highest BCUT2D eigenvalue weighted by Gasteiger charge is 2.25. The maximum Gasteiger partial charge on any atom is 0.325 e. The number of rotatable bonds is 8. The van der Waals surface area contributed by atoms with Crippen molar-refractivity contribution < 1.29 is 19.1 Å². The Kier molecular flexibility index (Phi) is 8.32. The van der Waals surface area contributed by atoms with Crippen LogP contribution in [0.5, 0.6) is 0 Å². The van der Waals surface area contributed by atoms with Gasteiger partial charge in [-0.05, 0) is 12.8 Å². The van der Waals surface area contributed by atoms with E-state index in [4.69, 9.17) is 15.2 Å². The first-order chi connectivity index (χ1) is 8.43. The third-order valence-electron chi connectivity index (χ3n) is 2.51. The minimum atomic E-state index is -0.615. The van der Waals surface area contributed by atoms with E-state index in [1.807, 2.05) is 13.8 Å². The maximum absolute atomic E-state index is 12.1. The first-order valence-electron chi connectivity index (χ1n) is 6.12. The molecular formula is C12H24N2O4. The maximum atomic E-state index is 12.1. The molecule has 2 N–H and O–H groups in total. The lowest BCUT2D eigenvalue weighted by molar-refractivity contribution is -0.150.